The molecule has 23 heavy (non-hydrogen) atoms. The van der Waals surface area contributed by atoms with Gasteiger partial charge < -0.3 is 5.32 Å². The Morgan fingerprint density at radius 3 is 2.39 bits per heavy atom. The van der Waals surface area contributed by atoms with Crippen LogP contribution in [0, 0.1) is 0 Å². The lowest BCUT2D eigenvalue weighted by Gasteiger charge is -1.98. The molecule has 2 rings (SSSR count). The van der Waals surface area contributed by atoms with Gasteiger partial charge in [-0.2, -0.15) is 0 Å². The van der Waals surface area contributed by atoms with Crippen LogP contribution in [0.2, 0.25) is 0 Å². The molecule has 1 fully saturated rings. The standard InChI is InChI=1S/C18H20N2S.C2H6/c1-5-9-14-13(10-11-19-15(14)6-2)12-18-20-16(7-3)17(8-4)21-18;1-2/h5-12,20H,1H2,2-4H3;1-2H3/p+1/b14-9-,15-6+,16-7+,17-8+,18-12-;. The lowest BCUT2D eigenvalue weighted by atomic mass is 10.1. The highest BCUT2D eigenvalue weighted by Crippen LogP contribution is 2.36. The van der Waals surface area contributed by atoms with Crippen molar-refractivity contribution in [2.45, 2.75) is 34.6 Å². The average Bonchev–Trinajstić information content (AvgIpc) is 3.00. The minimum absolute atomic E-state index is 1.10. The fourth-order valence-electron chi connectivity index (χ4n) is 2.24. The highest BCUT2D eigenvalue weighted by molar-refractivity contribution is 8.07. The second kappa shape index (κ2) is 9.90. The van der Waals surface area contributed by atoms with E-state index in [2.05, 4.69) is 54.2 Å². The van der Waals surface area contributed by atoms with Crippen LogP contribution in [-0.2, 0) is 0 Å². The molecule has 3 heteroatoms. The van der Waals surface area contributed by atoms with E-state index in [1.807, 2.05) is 46.0 Å². The maximum absolute atomic E-state index is 3.81. The molecular weight excluding hydrogens is 300 g/mol. The van der Waals surface area contributed by atoms with Crippen molar-refractivity contribution in [2.24, 2.45) is 0 Å². The molecule has 0 spiro atoms. The van der Waals surface area contributed by atoms with Gasteiger partial charge in [0, 0.05) is 16.7 Å². The van der Waals surface area contributed by atoms with E-state index in [-0.39, 0.29) is 0 Å². The van der Waals surface area contributed by atoms with E-state index in [4.69, 9.17) is 0 Å². The van der Waals surface area contributed by atoms with E-state index in [1.54, 1.807) is 11.8 Å². The molecular formula is C20H27N2S+. The second-order valence-corrected chi connectivity index (χ2v) is 5.63. The molecule has 0 bridgehead atoms. The maximum atomic E-state index is 3.81. The Balaban J connectivity index is 0.00000127. The van der Waals surface area contributed by atoms with Crippen LogP contribution in [0.3, 0.4) is 0 Å². The van der Waals surface area contributed by atoms with Gasteiger partial charge in [-0.3, -0.25) is 0 Å². The first-order valence-electron chi connectivity index (χ1n) is 8.02. The van der Waals surface area contributed by atoms with Gasteiger partial charge in [-0.15, -0.1) is 0 Å². The summed E-state index contributed by atoms with van der Waals surface area (Å²) in [5, 5.41) is 6.85. The van der Waals surface area contributed by atoms with Crippen molar-refractivity contribution in [1.82, 2.24) is 5.32 Å². The Labute approximate surface area is 144 Å². The molecule has 1 saturated heterocycles. The largest absolute Gasteiger partial charge is 0.349 e. The topological polar surface area (TPSA) is 26.2 Å². The van der Waals surface area contributed by atoms with Crippen LogP contribution in [0.1, 0.15) is 40.2 Å². The van der Waals surface area contributed by atoms with Crippen LogP contribution >= 0.6 is 11.8 Å². The lowest BCUT2D eigenvalue weighted by molar-refractivity contribution is -0.396. The fourth-order valence-corrected chi connectivity index (χ4v) is 3.22. The monoisotopic (exact) mass is 327 g/mol. The smallest absolute Gasteiger partial charge is 0.207 e. The van der Waals surface area contributed by atoms with Crippen molar-refractivity contribution in [1.29, 1.82) is 0 Å². The number of hydrogen-bond acceptors (Lipinski definition) is 2. The number of aromatic amines is 1. The fraction of sp³-hybridized carbons (Fsp3) is 0.250. The van der Waals surface area contributed by atoms with Crippen molar-refractivity contribution in [3.63, 3.8) is 0 Å². The van der Waals surface area contributed by atoms with Crippen LogP contribution in [-0.4, -0.2) is 0 Å². The van der Waals surface area contributed by atoms with Crippen LogP contribution < -0.4 is 20.9 Å². The normalized spacial score (nSPS) is 20.7. The summed E-state index contributed by atoms with van der Waals surface area (Å²) in [6.45, 7) is 14.0. The predicted octanol–water partition coefficient (Wildman–Crippen LogP) is 3.74. The van der Waals surface area contributed by atoms with Gasteiger partial charge in [-0.05, 0) is 44.6 Å². The third kappa shape index (κ3) is 4.73. The van der Waals surface area contributed by atoms with Gasteiger partial charge in [0.2, 0.25) is 5.35 Å². The SMILES string of the molecule is C=C/C=c1/c(/C=C2/NC(=C/C)/C(=C\C)S2)cc[nH+]/c1=C/C.CC. The molecule has 1 aliphatic heterocycles. The van der Waals surface area contributed by atoms with E-state index in [9.17, 15) is 0 Å². The summed E-state index contributed by atoms with van der Waals surface area (Å²) in [4.78, 5) is 4.53. The first-order valence-corrected chi connectivity index (χ1v) is 8.84. The Bertz CT molecular complexity index is 730. The van der Waals surface area contributed by atoms with Gasteiger partial charge in [0.05, 0.1) is 10.2 Å². The van der Waals surface area contributed by atoms with Gasteiger partial charge in [-0.1, -0.05) is 50.4 Å². The van der Waals surface area contributed by atoms with Crippen molar-refractivity contribution in [3.8, 4) is 0 Å². The summed E-state index contributed by atoms with van der Waals surface area (Å²) >= 11 is 1.76. The molecule has 0 unspecified atom stereocenters. The molecule has 2 heterocycles. The zero-order valence-electron chi connectivity index (χ0n) is 14.7. The lowest BCUT2D eigenvalue weighted by Crippen LogP contribution is -2.41. The number of H-pyrrole nitrogens is 1. The molecule has 1 aliphatic rings. The van der Waals surface area contributed by atoms with Gasteiger partial charge in [-0.25, -0.2) is 4.98 Å². The van der Waals surface area contributed by atoms with Crippen LogP contribution in [0.5, 0.6) is 0 Å². The number of aromatic nitrogens is 1. The Morgan fingerprint density at radius 1 is 1.13 bits per heavy atom. The van der Waals surface area contributed by atoms with E-state index < -0.39 is 0 Å². The molecule has 0 aliphatic carbocycles. The number of nitrogens with one attached hydrogen (secondary N) is 2. The van der Waals surface area contributed by atoms with Crippen LogP contribution in [0.25, 0.3) is 18.2 Å². The van der Waals surface area contributed by atoms with Crippen LogP contribution in [0.15, 0.2) is 52.7 Å². The number of pyridine rings is 1. The first kappa shape index (κ1) is 19.0. The van der Waals surface area contributed by atoms with Crippen molar-refractivity contribution >= 4 is 30.0 Å². The van der Waals surface area contributed by atoms with Crippen molar-refractivity contribution < 1.29 is 4.98 Å². The summed E-state index contributed by atoms with van der Waals surface area (Å²) in [5.74, 6) is 0. The second-order valence-electron chi connectivity index (χ2n) is 4.54. The minimum Gasteiger partial charge on any atom is -0.349 e. The molecule has 2 nitrogen and oxygen atoms in total. The number of rotatable bonds is 2. The quantitative estimate of drug-likeness (QED) is 0.895. The van der Waals surface area contributed by atoms with E-state index in [0.717, 1.165) is 15.6 Å². The minimum atomic E-state index is 1.10. The number of allylic oxidation sites excluding steroid dienone is 3. The molecule has 0 amide bonds. The molecule has 0 saturated carbocycles. The van der Waals surface area contributed by atoms with E-state index >= 15 is 0 Å². The molecule has 1 aromatic rings. The average molecular weight is 328 g/mol. The summed E-state index contributed by atoms with van der Waals surface area (Å²) in [6.07, 6.45) is 14.3. The van der Waals surface area contributed by atoms with Gasteiger partial charge in [0.1, 0.15) is 0 Å². The molecule has 122 valence electrons. The van der Waals surface area contributed by atoms with E-state index in [0.29, 0.717) is 0 Å². The third-order valence-electron chi connectivity index (χ3n) is 3.26. The van der Waals surface area contributed by atoms with Gasteiger partial charge in [0.15, 0.2) is 6.20 Å². The van der Waals surface area contributed by atoms with Crippen molar-refractivity contribution in [3.05, 3.63) is 68.8 Å². The summed E-state index contributed by atoms with van der Waals surface area (Å²) in [5.41, 5.74) is 2.34. The van der Waals surface area contributed by atoms with E-state index in [1.165, 1.54) is 16.2 Å². The predicted molar refractivity (Wildman–Crippen MR) is 105 cm³/mol. The van der Waals surface area contributed by atoms with Crippen LogP contribution in [0.4, 0.5) is 0 Å². The third-order valence-corrected chi connectivity index (χ3v) is 4.37. The summed E-state index contributed by atoms with van der Waals surface area (Å²) in [6, 6.07) is 2.08. The zero-order valence-corrected chi connectivity index (χ0v) is 15.6. The molecule has 0 atom stereocenters. The summed E-state index contributed by atoms with van der Waals surface area (Å²) < 4.78 is 0. The van der Waals surface area contributed by atoms with Crippen molar-refractivity contribution in [2.75, 3.05) is 0 Å². The number of hydrogen-bond donors (Lipinski definition) is 1. The van der Waals surface area contributed by atoms with Gasteiger partial charge in [0.25, 0.3) is 0 Å². The molecule has 1 aromatic heterocycles. The Hall–Kier alpha value is -2.00. The zero-order chi connectivity index (χ0) is 17.2. The molecule has 0 aromatic carbocycles. The summed E-state index contributed by atoms with van der Waals surface area (Å²) in [7, 11) is 0. The Morgan fingerprint density at radius 2 is 1.87 bits per heavy atom. The maximum Gasteiger partial charge on any atom is 0.207 e. The van der Waals surface area contributed by atoms with Gasteiger partial charge >= 0.3 is 0 Å². The highest BCUT2D eigenvalue weighted by Gasteiger charge is 2.17. The highest BCUT2D eigenvalue weighted by atomic mass is 32.2. The number of thioether (sulfide) groups is 1. The molecule has 2 N–H and O–H groups in total. The molecule has 0 radical (unpaired) electrons. The first-order chi connectivity index (χ1) is 11.2. The Kier molecular flexibility index (Phi) is 8.20.